The molecule has 2 heterocycles. The van der Waals surface area contributed by atoms with Gasteiger partial charge in [-0.3, -0.25) is 9.74 Å². The lowest BCUT2D eigenvalue weighted by molar-refractivity contribution is -0.145. The van der Waals surface area contributed by atoms with Gasteiger partial charge in [0.1, 0.15) is 11.7 Å². The fraction of sp³-hybridized carbons (Fsp3) is 0.588. The molecule has 2 aliphatic heterocycles. The second-order valence-electron chi connectivity index (χ2n) is 13.5. The summed E-state index contributed by atoms with van der Waals surface area (Å²) in [5.41, 5.74) is 0.370. The first-order valence-corrected chi connectivity index (χ1v) is 17.9. The fourth-order valence-corrected chi connectivity index (χ4v) is 7.40. The molecule has 5 atom stereocenters. The van der Waals surface area contributed by atoms with Crippen LogP contribution < -0.4 is 10.2 Å². The molecule has 0 spiro atoms. The number of hydroxylamine groups is 1. The number of aliphatic hydroxyl groups excluding tert-OH is 1. The second-order valence-corrected chi connectivity index (χ2v) is 15.3. The number of sulfonamides is 1. The van der Waals surface area contributed by atoms with Gasteiger partial charge in [0.2, 0.25) is 0 Å². The Morgan fingerprint density at radius 3 is 2.48 bits per heavy atom. The number of hydrogen-bond acceptors (Lipinski definition) is 10. The summed E-state index contributed by atoms with van der Waals surface area (Å²) in [4.78, 5) is 33.1. The lowest BCUT2D eigenvalue weighted by Crippen LogP contribution is -2.51. The SMILES string of the molecule is CN(C(=O)OC(C)(C)C)c1cccc(S(=O)(=O)N(C[C@@H](O)[C@H](Cc2ccccc2)NC(=O)O[C@H]2CO[C@H]3OCC[C@H]32)OC2CCCC2)c1. The predicted octanol–water partition coefficient (Wildman–Crippen LogP) is 4.38. The van der Waals surface area contributed by atoms with Crippen LogP contribution >= 0.6 is 0 Å². The number of fused-ring (bicyclic) bond motifs is 1. The maximum absolute atomic E-state index is 14.2. The molecule has 3 aliphatic rings. The fourth-order valence-electron chi connectivity index (χ4n) is 6.07. The summed E-state index contributed by atoms with van der Waals surface area (Å²) in [6, 6.07) is 14.2. The maximum Gasteiger partial charge on any atom is 0.414 e. The van der Waals surface area contributed by atoms with E-state index in [4.69, 9.17) is 23.8 Å². The van der Waals surface area contributed by atoms with E-state index in [2.05, 4.69) is 5.32 Å². The molecule has 2 saturated heterocycles. The molecule has 3 fully saturated rings. The average Bonchev–Trinajstić information content (AvgIpc) is 3.81. The van der Waals surface area contributed by atoms with Crippen molar-refractivity contribution in [2.45, 2.75) is 100 Å². The lowest BCUT2D eigenvalue weighted by Gasteiger charge is -2.31. The highest BCUT2D eigenvalue weighted by molar-refractivity contribution is 7.89. The first-order valence-electron chi connectivity index (χ1n) is 16.5. The number of alkyl carbamates (subject to hydrolysis) is 1. The van der Waals surface area contributed by atoms with Gasteiger partial charge in [-0.1, -0.05) is 53.7 Å². The summed E-state index contributed by atoms with van der Waals surface area (Å²) in [5.74, 6) is -0.0705. The van der Waals surface area contributed by atoms with Gasteiger partial charge in [-0.05, 0) is 70.2 Å². The van der Waals surface area contributed by atoms with Crippen molar-refractivity contribution in [1.82, 2.24) is 9.79 Å². The molecule has 0 bridgehead atoms. The maximum atomic E-state index is 14.2. The van der Waals surface area contributed by atoms with Crippen LogP contribution in [0.3, 0.4) is 0 Å². The van der Waals surface area contributed by atoms with Crippen LogP contribution in [0.2, 0.25) is 0 Å². The second kappa shape index (κ2) is 15.5. The van der Waals surface area contributed by atoms with Gasteiger partial charge in [0.05, 0.1) is 48.8 Å². The van der Waals surface area contributed by atoms with Crippen LogP contribution in [0, 0.1) is 5.92 Å². The van der Waals surface area contributed by atoms with Crippen LogP contribution in [0.15, 0.2) is 59.5 Å². The minimum absolute atomic E-state index is 0.0705. The van der Waals surface area contributed by atoms with E-state index < -0.39 is 58.9 Å². The van der Waals surface area contributed by atoms with Gasteiger partial charge in [0.15, 0.2) is 6.29 Å². The third-order valence-corrected chi connectivity index (χ3v) is 10.3. The molecular formula is C34H47N3O10S. The summed E-state index contributed by atoms with van der Waals surface area (Å²) >= 11 is 0. The van der Waals surface area contributed by atoms with Gasteiger partial charge in [-0.25, -0.2) is 18.0 Å². The van der Waals surface area contributed by atoms with Crippen LogP contribution in [0.4, 0.5) is 15.3 Å². The Balaban J connectivity index is 1.36. The molecule has 2 aromatic carbocycles. The molecule has 1 saturated carbocycles. The van der Waals surface area contributed by atoms with Crippen LogP contribution in [0.25, 0.3) is 0 Å². The molecular weight excluding hydrogens is 642 g/mol. The highest BCUT2D eigenvalue weighted by atomic mass is 32.2. The zero-order chi connectivity index (χ0) is 34.5. The van der Waals surface area contributed by atoms with Gasteiger partial charge >= 0.3 is 12.2 Å². The largest absolute Gasteiger partial charge is 0.443 e. The summed E-state index contributed by atoms with van der Waals surface area (Å²) in [5, 5.41) is 14.4. The zero-order valence-corrected chi connectivity index (χ0v) is 28.8. The molecule has 14 heteroatoms. The summed E-state index contributed by atoms with van der Waals surface area (Å²) in [6.07, 6.45) is -0.0550. The lowest BCUT2D eigenvalue weighted by atomic mass is 10.0. The third kappa shape index (κ3) is 9.24. The Morgan fingerprint density at radius 2 is 1.77 bits per heavy atom. The van der Waals surface area contributed by atoms with Crippen molar-refractivity contribution in [1.29, 1.82) is 0 Å². The van der Waals surface area contributed by atoms with Gasteiger partial charge in [0.25, 0.3) is 10.0 Å². The van der Waals surface area contributed by atoms with Crippen molar-refractivity contribution >= 4 is 27.9 Å². The number of ether oxygens (including phenoxy) is 4. The standard InChI is InChI=1S/C34H47N3O10S/c1-34(2,3)46-33(40)36(4)24-13-10-16-26(20-24)48(41,42)37(47-25-14-8-9-15-25)21-29(38)28(19-23-11-6-5-7-12-23)35-32(39)45-30-22-44-31-27(30)17-18-43-31/h5-7,10-13,16,20,25,27-31,38H,8-9,14-15,17-19,21-22H2,1-4H3,(H,35,39)/t27-,28-,29+,30-,31+/m0/s1. The van der Waals surface area contributed by atoms with E-state index >= 15 is 0 Å². The first-order chi connectivity index (χ1) is 22.8. The van der Waals surface area contributed by atoms with E-state index in [-0.39, 0.29) is 29.9 Å². The van der Waals surface area contributed by atoms with Gasteiger partial charge < -0.3 is 29.4 Å². The van der Waals surface area contributed by atoms with Gasteiger partial charge in [0, 0.05) is 12.7 Å². The number of carbonyl (C=O) groups is 2. The van der Waals surface area contributed by atoms with Crippen molar-refractivity contribution < 1.29 is 46.9 Å². The molecule has 264 valence electrons. The quantitative estimate of drug-likeness (QED) is 0.307. The molecule has 0 unspecified atom stereocenters. The van der Waals surface area contributed by atoms with Crippen molar-refractivity contribution in [3.63, 3.8) is 0 Å². The predicted molar refractivity (Wildman–Crippen MR) is 175 cm³/mol. The van der Waals surface area contributed by atoms with Crippen molar-refractivity contribution in [3.8, 4) is 0 Å². The highest BCUT2D eigenvalue weighted by Gasteiger charge is 2.44. The summed E-state index contributed by atoms with van der Waals surface area (Å²) in [6.45, 7) is 5.48. The molecule has 0 aromatic heterocycles. The van der Waals surface area contributed by atoms with Crippen LogP contribution in [-0.4, -0.2) is 93.2 Å². The zero-order valence-electron chi connectivity index (χ0n) is 27.9. The number of benzene rings is 2. The Hall–Kier alpha value is -3.27. The number of hydrogen-bond donors (Lipinski definition) is 2. The molecule has 48 heavy (non-hydrogen) atoms. The smallest absolute Gasteiger partial charge is 0.414 e. The number of aliphatic hydroxyl groups is 1. The molecule has 2 amide bonds. The third-order valence-electron chi connectivity index (χ3n) is 8.65. The topological polar surface area (TPSA) is 153 Å². The van der Waals surface area contributed by atoms with Crippen LogP contribution in [-0.2, 0) is 40.2 Å². The average molecular weight is 690 g/mol. The Kier molecular flexibility index (Phi) is 11.6. The van der Waals surface area contributed by atoms with Gasteiger partial charge in [-0.15, -0.1) is 0 Å². The van der Waals surface area contributed by atoms with Crippen molar-refractivity contribution in [2.75, 3.05) is 31.7 Å². The molecule has 2 aromatic rings. The Bertz CT molecular complexity index is 1500. The molecule has 0 radical (unpaired) electrons. The number of rotatable bonds is 12. The summed E-state index contributed by atoms with van der Waals surface area (Å²) < 4.78 is 51.5. The Labute approximate surface area is 282 Å². The van der Waals surface area contributed by atoms with Crippen LogP contribution in [0.1, 0.15) is 58.4 Å². The first kappa shape index (κ1) is 36.0. The van der Waals surface area contributed by atoms with E-state index in [9.17, 15) is 23.1 Å². The Morgan fingerprint density at radius 1 is 1.04 bits per heavy atom. The molecule has 1 aliphatic carbocycles. The minimum atomic E-state index is -4.37. The van der Waals surface area contributed by atoms with E-state index in [1.54, 1.807) is 26.8 Å². The van der Waals surface area contributed by atoms with E-state index in [1.165, 1.54) is 30.1 Å². The molecule has 2 N–H and O–H groups in total. The van der Waals surface area contributed by atoms with E-state index in [1.807, 2.05) is 30.3 Å². The number of nitrogens with one attached hydrogen (secondary N) is 1. The van der Waals surface area contributed by atoms with Crippen molar-refractivity contribution in [2.24, 2.45) is 5.92 Å². The number of carbonyl (C=O) groups excluding carboxylic acids is 2. The van der Waals surface area contributed by atoms with Gasteiger partial charge in [-0.2, -0.15) is 0 Å². The minimum Gasteiger partial charge on any atom is -0.443 e. The van der Waals surface area contributed by atoms with Crippen molar-refractivity contribution in [3.05, 3.63) is 60.2 Å². The monoisotopic (exact) mass is 689 g/mol. The van der Waals surface area contributed by atoms with Crippen LogP contribution in [0.5, 0.6) is 0 Å². The molecule has 13 nitrogen and oxygen atoms in total. The summed E-state index contributed by atoms with van der Waals surface area (Å²) in [7, 11) is -2.87. The van der Waals surface area contributed by atoms with E-state index in [0.717, 1.165) is 22.9 Å². The highest BCUT2D eigenvalue weighted by Crippen LogP contribution is 2.33. The number of nitrogens with zero attached hydrogens (tertiary/aromatic N) is 2. The number of anilines is 1. The molecule has 5 rings (SSSR count). The number of amides is 2. The van der Waals surface area contributed by atoms with E-state index in [0.29, 0.717) is 31.6 Å². The normalized spacial score (nSPS) is 22.7.